The second-order valence-corrected chi connectivity index (χ2v) is 5.64. The van der Waals surface area contributed by atoms with Crippen molar-refractivity contribution in [1.82, 2.24) is 9.55 Å². The van der Waals surface area contributed by atoms with E-state index in [-0.39, 0.29) is 0 Å². The maximum absolute atomic E-state index is 6.72. The number of halogens is 1. The number of aryl methyl sites for hydroxylation is 1. The van der Waals surface area contributed by atoms with Crippen molar-refractivity contribution in [2.45, 2.75) is 13.5 Å². The molecular weight excluding hydrogens is 292 g/mol. The third kappa shape index (κ3) is 3.29. The van der Waals surface area contributed by atoms with Gasteiger partial charge in [-0.3, -0.25) is 0 Å². The minimum atomic E-state index is 0.691. The molecule has 3 heteroatoms. The zero-order valence-electron chi connectivity index (χ0n) is 12.4. The minimum Gasteiger partial charge on any atom is -0.333 e. The maximum Gasteiger partial charge on any atom is 0.0949 e. The molecule has 0 N–H and O–H groups in total. The Bertz CT molecular complexity index is 757. The first-order chi connectivity index (χ1) is 10.7. The summed E-state index contributed by atoms with van der Waals surface area (Å²) in [5, 5.41) is 0.778. The molecule has 2 nitrogen and oxygen atoms in total. The Kier molecular flexibility index (Phi) is 4.40. The normalized spacial score (nSPS) is 12.1. The second-order valence-electron chi connectivity index (χ2n) is 5.26. The molecule has 0 atom stereocenters. The first-order valence-corrected chi connectivity index (χ1v) is 7.58. The van der Waals surface area contributed by atoms with Crippen molar-refractivity contribution in [3.05, 3.63) is 90.0 Å². The summed E-state index contributed by atoms with van der Waals surface area (Å²) in [6.45, 7) is 2.77. The van der Waals surface area contributed by atoms with Crippen molar-refractivity contribution < 1.29 is 0 Å². The molecule has 0 bridgehead atoms. The Morgan fingerprint density at radius 2 is 1.73 bits per heavy atom. The molecule has 2 aromatic carbocycles. The van der Waals surface area contributed by atoms with Crippen LogP contribution >= 0.6 is 11.6 Å². The Balaban J connectivity index is 2.07. The summed E-state index contributed by atoms with van der Waals surface area (Å²) in [5.74, 6) is 0. The predicted octanol–water partition coefficient (Wildman–Crippen LogP) is 5.00. The Morgan fingerprint density at radius 1 is 1.00 bits per heavy atom. The zero-order chi connectivity index (χ0) is 15.4. The Labute approximate surface area is 135 Å². The molecule has 0 aliphatic heterocycles. The van der Waals surface area contributed by atoms with Crippen LogP contribution in [0.5, 0.6) is 0 Å². The van der Waals surface area contributed by atoms with Crippen LogP contribution in [0.4, 0.5) is 0 Å². The van der Waals surface area contributed by atoms with Crippen LogP contribution in [-0.2, 0) is 6.54 Å². The average molecular weight is 309 g/mol. The largest absolute Gasteiger partial charge is 0.333 e. The van der Waals surface area contributed by atoms with Gasteiger partial charge in [-0.05, 0) is 23.6 Å². The van der Waals surface area contributed by atoms with Crippen LogP contribution in [0.1, 0.15) is 16.7 Å². The molecule has 0 fully saturated rings. The van der Waals surface area contributed by atoms with Crippen LogP contribution in [0.15, 0.2) is 73.3 Å². The van der Waals surface area contributed by atoms with Crippen LogP contribution in [0.25, 0.3) is 10.6 Å². The predicted molar refractivity (Wildman–Crippen MR) is 92.5 cm³/mol. The maximum atomic E-state index is 6.72. The van der Waals surface area contributed by atoms with Gasteiger partial charge in [-0.1, -0.05) is 71.8 Å². The van der Waals surface area contributed by atoms with Gasteiger partial charge in [-0.25, -0.2) is 4.98 Å². The number of aromatic nitrogens is 2. The number of hydrogen-bond acceptors (Lipinski definition) is 1. The van der Waals surface area contributed by atoms with E-state index in [1.807, 2.05) is 35.3 Å². The Morgan fingerprint density at radius 3 is 2.36 bits per heavy atom. The molecular formula is C19H17ClN2. The van der Waals surface area contributed by atoms with Crippen LogP contribution in [0, 0.1) is 6.92 Å². The van der Waals surface area contributed by atoms with Crippen LogP contribution in [0.2, 0.25) is 0 Å². The van der Waals surface area contributed by atoms with E-state index >= 15 is 0 Å². The minimum absolute atomic E-state index is 0.691. The first kappa shape index (κ1) is 14.6. The first-order valence-electron chi connectivity index (χ1n) is 7.21. The van der Waals surface area contributed by atoms with Gasteiger partial charge in [0.05, 0.1) is 17.9 Å². The Hall–Kier alpha value is -2.32. The lowest BCUT2D eigenvalue weighted by Gasteiger charge is -2.13. The highest BCUT2D eigenvalue weighted by atomic mass is 35.5. The van der Waals surface area contributed by atoms with Crippen molar-refractivity contribution in [3.8, 4) is 0 Å². The summed E-state index contributed by atoms with van der Waals surface area (Å²) in [5.41, 5.74) is 4.47. The smallest absolute Gasteiger partial charge is 0.0949 e. The van der Waals surface area contributed by atoms with Crippen molar-refractivity contribution in [2.24, 2.45) is 0 Å². The van der Waals surface area contributed by atoms with Crippen molar-refractivity contribution in [3.63, 3.8) is 0 Å². The molecule has 22 heavy (non-hydrogen) atoms. The average Bonchev–Trinajstić information content (AvgIpc) is 3.07. The highest BCUT2D eigenvalue weighted by Crippen LogP contribution is 2.31. The molecule has 3 aromatic rings. The van der Waals surface area contributed by atoms with E-state index in [4.69, 9.17) is 11.6 Å². The molecule has 0 saturated heterocycles. The number of imidazole rings is 1. The molecule has 0 radical (unpaired) electrons. The molecule has 0 saturated carbocycles. The van der Waals surface area contributed by atoms with Crippen LogP contribution in [-0.4, -0.2) is 9.55 Å². The van der Waals surface area contributed by atoms with Gasteiger partial charge < -0.3 is 4.57 Å². The van der Waals surface area contributed by atoms with Gasteiger partial charge in [0.15, 0.2) is 0 Å². The van der Waals surface area contributed by atoms with E-state index in [9.17, 15) is 0 Å². The van der Waals surface area contributed by atoms with Crippen LogP contribution < -0.4 is 0 Å². The quantitative estimate of drug-likeness (QED) is 0.620. The summed E-state index contributed by atoms with van der Waals surface area (Å²) in [6, 6.07) is 18.5. The number of allylic oxidation sites excluding steroid dienone is 1. The number of rotatable bonds is 4. The van der Waals surface area contributed by atoms with E-state index in [2.05, 4.69) is 48.3 Å². The van der Waals surface area contributed by atoms with E-state index < -0.39 is 0 Å². The van der Waals surface area contributed by atoms with Crippen molar-refractivity contribution >= 4 is 22.2 Å². The van der Waals surface area contributed by atoms with E-state index in [1.54, 1.807) is 6.20 Å². The van der Waals surface area contributed by atoms with Crippen molar-refractivity contribution in [1.29, 1.82) is 0 Å². The van der Waals surface area contributed by atoms with Gasteiger partial charge >= 0.3 is 0 Å². The summed E-state index contributed by atoms with van der Waals surface area (Å²) in [7, 11) is 0. The lowest BCUT2D eigenvalue weighted by atomic mass is 10.0. The van der Waals surface area contributed by atoms with Gasteiger partial charge in [0, 0.05) is 12.4 Å². The van der Waals surface area contributed by atoms with E-state index in [1.165, 1.54) is 5.56 Å². The lowest BCUT2D eigenvalue weighted by molar-refractivity contribution is 0.835. The molecule has 1 aromatic heterocycles. The molecule has 0 aliphatic carbocycles. The SMILES string of the molecule is Cc1ccc(/C(Cl)=C(/Cn2ccnc2)c2ccccc2)cc1. The molecule has 0 spiro atoms. The van der Waals surface area contributed by atoms with Crippen molar-refractivity contribution in [2.75, 3.05) is 0 Å². The van der Waals surface area contributed by atoms with Gasteiger partial charge in [-0.15, -0.1) is 0 Å². The van der Waals surface area contributed by atoms with Gasteiger partial charge in [0.2, 0.25) is 0 Å². The number of hydrogen-bond donors (Lipinski definition) is 0. The highest BCUT2D eigenvalue weighted by molar-refractivity contribution is 6.52. The summed E-state index contributed by atoms with van der Waals surface area (Å²) in [4.78, 5) is 4.11. The number of nitrogens with zero attached hydrogens (tertiary/aromatic N) is 2. The van der Waals surface area contributed by atoms with E-state index in [0.717, 1.165) is 21.7 Å². The number of benzene rings is 2. The third-order valence-electron chi connectivity index (χ3n) is 3.59. The summed E-state index contributed by atoms with van der Waals surface area (Å²) >= 11 is 6.72. The summed E-state index contributed by atoms with van der Waals surface area (Å²) in [6.07, 6.45) is 5.53. The molecule has 110 valence electrons. The van der Waals surface area contributed by atoms with Gasteiger partial charge in [0.1, 0.15) is 0 Å². The fourth-order valence-electron chi connectivity index (χ4n) is 2.36. The molecule has 0 unspecified atom stereocenters. The van der Waals surface area contributed by atoms with Gasteiger partial charge in [0.25, 0.3) is 0 Å². The molecule has 3 rings (SSSR count). The van der Waals surface area contributed by atoms with E-state index in [0.29, 0.717) is 6.54 Å². The lowest BCUT2D eigenvalue weighted by Crippen LogP contribution is -2.00. The third-order valence-corrected chi connectivity index (χ3v) is 4.04. The topological polar surface area (TPSA) is 17.8 Å². The molecule has 0 amide bonds. The summed E-state index contributed by atoms with van der Waals surface area (Å²) < 4.78 is 2.03. The van der Waals surface area contributed by atoms with Crippen LogP contribution in [0.3, 0.4) is 0 Å². The highest BCUT2D eigenvalue weighted by Gasteiger charge is 2.10. The monoisotopic (exact) mass is 308 g/mol. The fraction of sp³-hybridized carbons (Fsp3) is 0.105. The fourth-order valence-corrected chi connectivity index (χ4v) is 2.66. The zero-order valence-corrected chi connectivity index (χ0v) is 13.2. The second kappa shape index (κ2) is 6.63. The molecule has 1 heterocycles. The standard InChI is InChI=1S/C19H17ClN2/c1-15-7-9-17(10-8-15)19(20)18(13-22-12-11-21-14-22)16-5-3-2-4-6-16/h2-12,14H,13H2,1H3/b19-18+. The van der Waals surface area contributed by atoms with Gasteiger partial charge in [-0.2, -0.15) is 0 Å². The molecule has 0 aliphatic rings.